The van der Waals surface area contributed by atoms with Crippen molar-refractivity contribution in [2.45, 2.75) is 65.5 Å². The third-order valence-electron chi connectivity index (χ3n) is 3.68. The van der Waals surface area contributed by atoms with E-state index in [1.54, 1.807) is 0 Å². The number of nitrogens with one attached hydrogen (secondary N) is 2. The molecule has 0 saturated carbocycles. The first-order valence-electron chi connectivity index (χ1n) is 7.43. The van der Waals surface area contributed by atoms with Crippen molar-refractivity contribution in [3.8, 4) is 0 Å². The fraction of sp³-hybridized carbons (Fsp3) is 0.588. The van der Waals surface area contributed by atoms with Crippen LogP contribution in [0.4, 0.5) is 5.69 Å². The number of hydrogen-bond acceptors (Lipinski definition) is 2. The van der Waals surface area contributed by atoms with Crippen molar-refractivity contribution in [2.75, 3.05) is 5.32 Å². The summed E-state index contributed by atoms with van der Waals surface area (Å²) in [6.07, 6.45) is 0.911. The van der Waals surface area contributed by atoms with Crippen LogP contribution in [0.15, 0.2) is 24.3 Å². The fourth-order valence-electron chi connectivity index (χ4n) is 1.83. The van der Waals surface area contributed by atoms with E-state index in [0.717, 1.165) is 12.1 Å². The lowest BCUT2D eigenvalue weighted by atomic mass is 10.0. The van der Waals surface area contributed by atoms with Crippen molar-refractivity contribution in [1.29, 1.82) is 0 Å². The molecule has 1 aromatic carbocycles. The Hall–Kier alpha value is -1.51. The summed E-state index contributed by atoms with van der Waals surface area (Å²) in [5.41, 5.74) is 2.11. The Labute approximate surface area is 123 Å². The van der Waals surface area contributed by atoms with Crippen LogP contribution >= 0.6 is 0 Å². The van der Waals surface area contributed by atoms with E-state index in [0.29, 0.717) is 5.92 Å². The molecule has 0 aromatic heterocycles. The first-order valence-corrected chi connectivity index (χ1v) is 7.43. The van der Waals surface area contributed by atoms with Gasteiger partial charge in [0.25, 0.3) is 0 Å². The Bertz CT molecular complexity index is 452. The van der Waals surface area contributed by atoms with Crippen LogP contribution in [0.3, 0.4) is 0 Å². The van der Waals surface area contributed by atoms with Crippen LogP contribution in [-0.2, 0) is 4.79 Å². The quantitative estimate of drug-likeness (QED) is 0.827. The predicted molar refractivity (Wildman–Crippen MR) is 86.1 cm³/mol. The van der Waals surface area contributed by atoms with Crippen molar-refractivity contribution >= 4 is 11.6 Å². The van der Waals surface area contributed by atoms with E-state index in [1.165, 1.54) is 5.56 Å². The molecule has 2 N–H and O–H groups in total. The molecule has 0 bridgehead atoms. The fourth-order valence-corrected chi connectivity index (χ4v) is 1.83. The lowest BCUT2D eigenvalue weighted by molar-refractivity contribution is -0.123. The number of carbonyl (C=O) groups is 1. The van der Waals surface area contributed by atoms with Crippen LogP contribution in [0.2, 0.25) is 0 Å². The molecule has 0 spiro atoms. The van der Waals surface area contributed by atoms with E-state index in [-0.39, 0.29) is 17.5 Å². The second-order valence-corrected chi connectivity index (χ2v) is 6.37. The number of hydrogen-bond donors (Lipinski definition) is 2. The molecule has 1 amide bonds. The molecule has 0 aliphatic rings. The highest BCUT2D eigenvalue weighted by Crippen LogP contribution is 2.19. The summed E-state index contributed by atoms with van der Waals surface area (Å²) in [6, 6.07) is 8.00. The Morgan fingerprint density at radius 3 is 2.45 bits per heavy atom. The minimum Gasteiger partial charge on any atom is -0.374 e. The van der Waals surface area contributed by atoms with E-state index >= 15 is 0 Å². The predicted octanol–water partition coefficient (Wildman–Crippen LogP) is 3.92. The van der Waals surface area contributed by atoms with Gasteiger partial charge in [-0.05, 0) is 50.8 Å². The number of amides is 1. The third-order valence-corrected chi connectivity index (χ3v) is 3.68. The third kappa shape index (κ3) is 4.87. The van der Waals surface area contributed by atoms with Crippen molar-refractivity contribution in [3.63, 3.8) is 0 Å². The van der Waals surface area contributed by atoms with Crippen LogP contribution in [0, 0.1) is 0 Å². The molecule has 0 saturated heterocycles. The molecule has 3 nitrogen and oxygen atoms in total. The van der Waals surface area contributed by atoms with Gasteiger partial charge < -0.3 is 10.6 Å². The zero-order valence-corrected chi connectivity index (χ0v) is 13.6. The second kappa shape index (κ2) is 6.78. The lowest BCUT2D eigenvalue weighted by Crippen LogP contribution is -2.48. The molecule has 1 atom stereocenters. The molecule has 0 aliphatic heterocycles. The zero-order valence-electron chi connectivity index (χ0n) is 13.6. The highest BCUT2D eigenvalue weighted by Gasteiger charge is 2.21. The maximum Gasteiger partial charge on any atom is 0.242 e. The van der Waals surface area contributed by atoms with E-state index in [2.05, 4.69) is 43.5 Å². The molecular weight excluding hydrogens is 248 g/mol. The maximum absolute atomic E-state index is 12.2. The van der Waals surface area contributed by atoms with Crippen molar-refractivity contribution < 1.29 is 4.79 Å². The number of benzene rings is 1. The van der Waals surface area contributed by atoms with Crippen LogP contribution in [0.25, 0.3) is 0 Å². The first-order chi connectivity index (χ1) is 9.25. The van der Waals surface area contributed by atoms with Crippen LogP contribution in [-0.4, -0.2) is 17.5 Å². The highest BCUT2D eigenvalue weighted by molar-refractivity contribution is 5.84. The van der Waals surface area contributed by atoms with Gasteiger partial charge in [-0.1, -0.05) is 32.9 Å². The molecule has 0 heterocycles. The summed E-state index contributed by atoms with van der Waals surface area (Å²) >= 11 is 0. The summed E-state index contributed by atoms with van der Waals surface area (Å²) in [4.78, 5) is 12.2. The van der Waals surface area contributed by atoms with Gasteiger partial charge in [0.15, 0.2) is 0 Å². The Kier molecular flexibility index (Phi) is 5.61. The average molecular weight is 276 g/mol. The van der Waals surface area contributed by atoms with E-state index < -0.39 is 0 Å². The van der Waals surface area contributed by atoms with Gasteiger partial charge in [-0.15, -0.1) is 0 Å². The average Bonchev–Trinajstić information content (AvgIpc) is 2.38. The van der Waals surface area contributed by atoms with Crippen molar-refractivity contribution in [3.05, 3.63) is 29.8 Å². The molecule has 0 aliphatic carbocycles. The van der Waals surface area contributed by atoms with Gasteiger partial charge in [-0.25, -0.2) is 0 Å². The molecule has 1 unspecified atom stereocenters. The molecule has 112 valence electrons. The summed E-state index contributed by atoms with van der Waals surface area (Å²) in [6.45, 7) is 12.4. The summed E-state index contributed by atoms with van der Waals surface area (Å²) in [7, 11) is 0. The maximum atomic E-state index is 12.2. The molecule has 0 fully saturated rings. The number of carbonyl (C=O) groups excluding carboxylic acids is 1. The normalized spacial score (nSPS) is 13.2. The molecule has 3 heteroatoms. The molecular formula is C17H28N2O. The highest BCUT2D eigenvalue weighted by atomic mass is 16.2. The largest absolute Gasteiger partial charge is 0.374 e. The smallest absolute Gasteiger partial charge is 0.242 e. The Morgan fingerprint density at radius 2 is 1.90 bits per heavy atom. The van der Waals surface area contributed by atoms with Crippen LogP contribution in [0.1, 0.15) is 59.4 Å². The topological polar surface area (TPSA) is 41.1 Å². The van der Waals surface area contributed by atoms with Gasteiger partial charge in [-0.2, -0.15) is 0 Å². The minimum atomic E-state index is -0.247. The van der Waals surface area contributed by atoms with Crippen molar-refractivity contribution in [2.24, 2.45) is 0 Å². The Balaban J connectivity index is 2.68. The standard InChI is InChI=1S/C17H28N2O/c1-7-17(5,6)19-16(20)13(4)18-15-10-8-9-14(11-15)12(2)3/h8-13,18H,7H2,1-6H3,(H,19,20). The van der Waals surface area contributed by atoms with Gasteiger partial charge >= 0.3 is 0 Å². The minimum absolute atomic E-state index is 0.0341. The van der Waals surface area contributed by atoms with Crippen molar-refractivity contribution in [1.82, 2.24) is 5.32 Å². The zero-order chi connectivity index (χ0) is 15.3. The van der Waals surface area contributed by atoms with E-state index in [9.17, 15) is 4.79 Å². The van der Waals surface area contributed by atoms with Crippen LogP contribution < -0.4 is 10.6 Å². The first kappa shape index (κ1) is 16.5. The van der Waals surface area contributed by atoms with Gasteiger partial charge in [0, 0.05) is 11.2 Å². The van der Waals surface area contributed by atoms with Crippen LogP contribution in [0.5, 0.6) is 0 Å². The Morgan fingerprint density at radius 1 is 1.25 bits per heavy atom. The number of rotatable bonds is 6. The summed E-state index contributed by atoms with van der Waals surface area (Å²) < 4.78 is 0. The number of anilines is 1. The van der Waals surface area contributed by atoms with Gasteiger partial charge in [-0.3, -0.25) is 4.79 Å². The van der Waals surface area contributed by atoms with Gasteiger partial charge in [0.2, 0.25) is 5.91 Å². The monoisotopic (exact) mass is 276 g/mol. The second-order valence-electron chi connectivity index (χ2n) is 6.37. The molecule has 1 rings (SSSR count). The van der Waals surface area contributed by atoms with E-state index in [1.807, 2.05) is 32.9 Å². The summed E-state index contributed by atoms with van der Waals surface area (Å²) in [5, 5.41) is 6.33. The van der Waals surface area contributed by atoms with Gasteiger partial charge in [0.05, 0.1) is 0 Å². The SMILES string of the molecule is CCC(C)(C)NC(=O)C(C)Nc1cccc(C(C)C)c1. The molecule has 1 aromatic rings. The van der Waals surface area contributed by atoms with Gasteiger partial charge in [0.1, 0.15) is 6.04 Å². The molecule has 20 heavy (non-hydrogen) atoms. The summed E-state index contributed by atoms with van der Waals surface area (Å²) in [5.74, 6) is 0.520. The lowest BCUT2D eigenvalue weighted by Gasteiger charge is -2.27. The molecule has 0 radical (unpaired) electrons. The van der Waals surface area contributed by atoms with E-state index in [4.69, 9.17) is 0 Å².